The number of ether oxygens (including phenoxy) is 1. The fourth-order valence-corrected chi connectivity index (χ4v) is 6.80. The monoisotopic (exact) mass is 542 g/mol. The van der Waals surface area contributed by atoms with Crippen LogP contribution in [0.2, 0.25) is 0 Å². The van der Waals surface area contributed by atoms with Gasteiger partial charge in [0.05, 0.1) is 13.2 Å². The van der Waals surface area contributed by atoms with Crippen molar-refractivity contribution < 1.29 is 27.4 Å². The molecule has 0 aromatic heterocycles. The van der Waals surface area contributed by atoms with E-state index >= 15 is 0 Å². The Labute approximate surface area is 224 Å². The van der Waals surface area contributed by atoms with Crippen molar-refractivity contribution in [2.45, 2.75) is 56.6 Å². The lowest BCUT2D eigenvalue weighted by atomic mass is 10.0. The summed E-state index contributed by atoms with van der Waals surface area (Å²) in [6.45, 7) is 3.42. The molecular weight excluding hydrogens is 507 g/mol. The maximum Gasteiger partial charge on any atom is 0.253 e. The van der Waals surface area contributed by atoms with Gasteiger partial charge in [0.15, 0.2) is 0 Å². The molecule has 1 heterocycles. The summed E-state index contributed by atoms with van der Waals surface area (Å²) in [5, 5.41) is 9.83. The summed E-state index contributed by atoms with van der Waals surface area (Å²) in [4.78, 5) is 14.5. The van der Waals surface area contributed by atoms with Gasteiger partial charge in [0.2, 0.25) is 10.0 Å². The van der Waals surface area contributed by atoms with Gasteiger partial charge in [0, 0.05) is 42.6 Å². The van der Waals surface area contributed by atoms with Gasteiger partial charge in [-0.05, 0) is 56.2 Å². The molecule has 0 unspecified atom stereocenters. The zero-order chi connectivity index (χ0) is 27.4. The molecule has 1 fully saturated rings. The van der Waals surface area contributed by atoms with Crippen LogP contribution in [0.3, 0.4) is 0 Å². The third-order valence-electron chi connectivity index (χ3n) is 7.32. The number of sulfonamides is 1. The first-order valence-electron chi connectivity index (χ1n) is 13.1. The Balaban J connectivity index is 1.69. The Morgan fingerprint density at radius 2 is 1.97 bits per heavy atom. The number of nitrogens with zero attached hydrogens (tertiary/aromatic N) is 2. The first-order chi connectivity index (χ1) is 18.1. The SMILES string of the molecule is C[C@@H]1CN([C@@H](C)CO)S(=O)(=O)c2ccc(C#CC3CCCC3)cc2O[C@H]1CN(C)C(=O)c1cccc(F)c1. The van der Waals surface area contributed by atoms with Gasteiger partial charge in [-0.15, -0.1) is 0 Å². The average molecular weight is 543 g/mol. The van der Waals surface area contributed by atoms with Crippen LogP contribution in [-0.4, -0.2) is 67.5 Å². The number of benzene rings is 2. The predicted molar refractivity (Wildman–Crippen MR) is 143 cm³/mol. The number of hydrogen-bond acceptors (Lipinski definition) is 5. The summed E-state index contributed by atoms with van der Waals surface area (Å²) >= 11 is 0. The Morgan fingerprint density at radius 1 is 1.24 bits per heavy atom. The molecule has 1 N–H and O–H groups in total. The second-order valence-electron chi connectivity index (χ2n) is 10.3. The van der Waals surface area contributed by atoms with Crippen LogP contribution >= 0.6 is 0 Å². The van der Waals surface area contributed by atoms with E-state index in [1.54, 1.807) is 32.2 Å². The molecule has 38 heavy (non-hydrogen) atoms. The largest absolute Gasteiger partial charge is 0.487 e. The van der Waals surface area contributed by atoms with E-state index in [1.807, 2.05) is 6.92 Å². The molecular formula is C29H35FN2O5S. The molecule has 0 bridgehead atoms. The minimum atomic E-state index is -3.97. The molecule has 9 heteroatoms. The van der Waals surface area contributed by atoms with E-state index in [1.165, 1.54) is 46.3 Å². The third-order valence-corrected chi connectivity index (χ3v) is 9.33. The molecule has 2 aliphatic rings. The van der Waals surface area contributed by atoms with Gasteiger partial charge >= 0.3 is 0 Å². The summed E-state index contributed by atoms with van der Waals surface area (Å²) in [6.07, 6.45) is 3.92. The minimum absolute atomic E-state index is 0.000210. The second-order valence-corrected chi connectivity index (χ2v) is 12.2. The summed E-state index contributed by atoms with van der Waals surface area (Å²) < 4.78 is 48.7. The number of aliphatic hydroxyl groups is 1. The fourth-order valence-electron chi connectivity index (χ4n) is 4.97. The predicted octanol–water partition coefficient (Wildman–Crippen LogP) is 3.91. The minimum Gasteiger partial charge on any atom is -0.487 e. The van der Waals surface area contributed by atoms with Crippen LogP contribution in [-0.2, 0) is 10.0 Å². The van der Waals surface area contributed by atoms with Crippen molar-refractivity contribution in [3.8, 4) is 17.6 Å². The van der Waals surface area contributed by atoms with Gasteiger partial charge in [0.25, 0.3) is 5.91 Å². The average Bonchev–Trinajstić information content (AvgIpc) is 3.42. The molecule has 2 aromatic carbocycles. The number of carbonyl (C=O) groups is 1. The van der Waals surface area contributed by atoms with Crippen molar-refractivity contribution in [1.82, 2.24) is 9.21 Å². The molecule has 1 saturated carbocycles. The second kappa shape index (κ2) is 11.9. The number of hydrogen-bond donors (Lipinski definition) is 1. The van der Waals surface area contributed by atoms with Gasteiger partial charge in [-0.2, -0.15) is 4.31 Å². The van der Waals surface area contributed by atoms with E-state index < -0.39 is 28.0 Å². The van der Waals surface area contributed by atoms with Crippen molar-refractivity contribution in [2.24, 2.45) is 11.8 Å². The third kappa shape index (κ3) is 6.20. The maximum atomic E-state index is 13.7. The zero-order valence-corrected chi connectivity index (χ0v) is 22.9. The highest BCUT2D eigenvalue weighted by molar-refractivity contribution is 7.89. The highest BCUT2D eigenvalue weighted by Gasteiger charge is 2.38. The van der Waals surface area contributed by atoms with Crippen LogP contribution in [0.15, 0.2) is 47.4 Å². The van der Waals surface area contributed by atoms with E-state index in [0.717, 1.165) is 12.8 Å². The van der Waals surface area contributed by atoms with Gasteiger partial charge in [-0.1, -0.05) is 37.7 Å². The topological polar surface area (TPSA) is 87.2 Å². The standard InChI is InChI=1S/C29H35FN2O5S/c1-20-17-32(21(2)19-33)38(35,36)28-14-13-23(12-11-22-7-4-5-8-22)15-26(28)37-27(20)18-31(3)29(34)24-9-6-10-25(30)16-24/h6,9-10,13-16,20-22,27,33H,4-5,7-8,17-19H2,1-3H3/t20-,21+,27+/m1/s1. The van der Waals surface area contributed by atoms with Crippen molar-refractivity contribution in [3.05, 3.63) is 59.4 Å². The zero-order valence-electron chi connectivity index (χ0n) is 22.1. The highest BCUT2D eigenvalue weighted by Crippen LogP contribution is 2.34. The number of carbonyl (C=O) groups excluding carboxylic acids is 1. The number of halogens is 1. The van der Waals surface area contributed by atoms with Gasteiger partial charge in [-0.3, -0.25) is 4.79 Å². The summed E-state index contributed by atoms with van der Waals surface area (Å²) in [6, 6.07) is 9.68. The fraction of sp³-hybridized carbons (Fsp3) is 0.483. The van der Waals surface area contributed by atoms with Crippen molar-refractivity contribution in [3.63, 3.8) is 0 Å². The maximum absolute atomic E-state index is 13.7. The van der Waals surface area contributed by atoms with E-state index in [9.17, 15) is 22.7 Å². The molecule has 1 amide bonds. The Bertz CT molecular complexity index is 1330. The Hall–Kier alpha value is -2.93. The number of likely N-dealkylation sites (N-methyl/N-ethyl adjacent to an activating group) is 1. The van der Waals surface area contributed by atoms with Gasteiger partial charge in [0.1, 0.15) is 22.6 Å². The lowest BCUT2D eigenvalue weighted by Crippen LogP contribution is -2.50. The van der Waals surface area contributed by atoms with E-state index in [0.29, 0.717) is 11.5 Å². The summed E-state index contributed by atoms with van der Waals surface area (Å²) in [7, 11) is -2.36. The normalized spacial score (nSPS) is 22.2. The number of fused-ring (bicyclic) bond motifs is 1. The molecule has 0 spiro atoms. The molecule has 0 saturated heterocycles. The smallest absolute Gasteiger partial charge is 0.253 e. The summed E-state index contributed by atoms with van der Waals surface area (Å²) in [5.74, 6) is 5.79. The lowest BCUT2D eigenvalue weighted by Gasteiger charge is -2.37. The van der Waals surface area contributed by atoms with Crippen LogP contribution in [0.4, 0.5) is 4.39 Å². The van der Waals surface area contributed by atoms with E-state index in [-0.39, 0.29) is 47.7 Å². The first-order valence-corrected chi connectivity index (χ1v) is 14.5. The molecule has 7 nitrogen and oxygen atoms in total. The number of amides is 1. The molecule has 1 aliphatic carbocycles. The Morgan fingerprint density at radius 3 is 2.66 bits per heavy atom. The Kier molecular flexibility index (Phi) is 8.76. The molecule has 0 radical (unpaired) electrons. The lowest BCUT2D eigenvalue weighted by molar-refractivity contribution is 0.0563. The van der Waals surface area contributed by atoms with Crippen LogP contribution in [0, 0.1) is 29.5 Å². The van der Waals surface area contributed by atoms with Crippen LogP contribution in [0.1, 0.15) is 55.5 Å². The van der Waals surface area contributed by atoms with Crippen molar-refractivity contribution >= 4 is 15.9 Å². The van der Waals surface area contributed by atoms with Crippen molar-refractivity contribution in [1.29, 1.82) is 0 Å². The number of aliphatic hydroxyl groups excluding tert-OH is 1. The van der Waals surface area contributed by atoms with E-state index in [4.69, 9.17) is 4.74 Å². The first kappa shape index (κ1) is 28.1. The van der Waals surface area contributed by atoms with Crippen LogP contribution < -0.4 is 4.74 Å². The van der Waals surface area contributed by atoms with E-state index in [2.05, 4.69) is 11.8 Å². The van der Waals surface area contributed by atoms with Crippen LogP contribution in [0.25, 0.3) is 0 Å². The molecule has 3 atom stereocenters. The van der Waals surface area contributed by atoms with Crippen LogP contribution in [0.5, 0.6) is 5.75 Å². The molecule has 4 rings (SSSR count). The van der Waals surface area contributed by atoms with Gasteiger partial charge < -0.3 is 14.7 Å². The highest BCUT2D eigenvalue weighted by atomic mass is 32.2. The summed E-state index contributed by atoms with van der Waals surface area (Å²) in [5.41, 5.74) is 0.873. The van der Waals surface area contributed by atoms with Crippen molar-refractivity contribution in [2.75, 3.05) is 26.7 Å². The van der Waals surface area contributed by atoms with Gasteiger partial charge in [-0.25, -0.2) is 12.8 Å². The molecule has 2 aromatic rings. The molecule has 204 valence electrons. The number of rotatable bonds is 5. The molecule has 1 aliphatic heterocycles. The quantitative estimate of drug-likeness (QED) is 0.579.